The van der Waals surface area contributed by atoms with Crippen molar-refractivity contribution in [2.24, 2.45) is 39.9 Å². The van der Waals surface area contributed by atoms with Crippen LogP contribution >= 0.6 is 0 Å². The normalized spacial score (nSPS) is 54.3. The van der Waals surface area contributed by atoms with Gasteiger partial charge in [0, 0.05) is 31.3 Å². The molecule has 6 fully saturated rings. The lowest BCUT2D eigenvalue weighted by Gasteiger charge is -2.74. The van der Waals surface area contributed by atoms with E-state index in [0.29, 0.717) is 25.7 Å². The molecule has 3 N–H and O–H groups in total. The Morgan fingerprint density at radius 1 is 1.19 bits per heavy atom. The Hall–Kier alpha value is -1.06. The first-order valence-corrected chi connectivity index (χ1v) is 11.4. The van der Waals surface area contributed by atoms with Crippen LogP contribution in [-0.2, 0) is 23.8 Å². The number of fused-ring (bicyclic) bond motifs is 2. The van der Waals surface area contributed by atoms with Crippen LogP contribution in [-0.4, -0.2) is 71.5 Å². The van der Waals surface area contributed by atoms with Gasteiger partial charge in [-0.25, -0.2) is 0 Å². The minimum absolute atomic E-state index is 0.0820. The largest absolute Gasteiger partial charge is 0.462 e. The Kier molecular flexibility index (Phi) is 4.57. The highest BCUT2D eigenvalue weighted by Crippen LogP contribution is 2.76. The molecule has 4 saturated carbocycles. The van der Waals surface area contributed by atoms with Crippen molar-refractivity contribution < 1.29 is 39.1 Å². The van der Waals surface area contributed by atoms with Gasteiger partial charge >= 0.3 is 5.97 Å². The first kappa shape index (κ1) is 21.8. The summed E-state index contributed by atoms with van der Waals surface area (Å²) in [6.07, 6.45) is -0.598. The van der Waals surface area contributed by atoms with Crippen LogP contribution in [0.3, 0.4) is 0 Å². The van der Waals surface area contributed by atoms with Gasteiger partial charge < -0.3 is 29.5 Å². The summed E-state index contributed by atoms with van der Waals surface area (Å²) < 4.78 is 17.1. The molecule has 4 aliphatic carbocycles. The smallest absolute Gasteiger partial charge is 0.302 e. The number of aliphatic hydroxyl groups excluding tert-OH is 2. The SMILES string of the molecule is COC[C@@H]1C(=O)[C@]23[C@H](O)[C@H]1CC[C@H]2[C@@]12CO[C@]3(O)[C@@H](O)[C@@H]1C(C)(C)CC[C@@H]2OC(C)=O. The minimum atomic E-state index is -2.18. The second kappa shape index (κ2) is 6.50. The number of rotatable bonds is 3. The number of ketones is 1. The fourth-order valence-corrected chi connectivity index (χ4v) is 8.82. The summed E-state index contributed by atoms with van der Waals surface area (Å²) >= 11 is 0. The van der Waals surface area contributed by atoms with Crippen LogP contribution in [0.4, 0.5) is 0 Å². The maximum Gasteiger partial charge on any atom is 0.302 e. The molecule has 31 heavy (non-hydrogen) atoms. The summed E-state index contributed by atoms with van der Waals surface area (Å²) in [5, 5.41) is 35.1. The fourth-order valence-electron chi connectivity index (χ4n) is 8.82. The summed E-state index contributed by atoms with van der Waals surface area (Å²) in [6, 6.07) is 0. The molecule has 2 saturated heterocycles. The van der Waals surface area contributed by atoms with Gasteiger partial charge in [0.1, 0.15) is 17.6 Å². The number of Topliss-reactive ketones (excluding diaryl/α,β-unsaturated/α-hetero) is 1. The van der Waals surface area contributed by atoms with Crippen LogP contribution in [0, 0.1) is 39.9 Å². The minimum Gasteiger partial charge on any atom is -0.462 e. The molecule has 2 spiro atoms. The van der Waals surface area contributed by atoms with Gasteiger partial charge in [-0.15, -0.1) is 0 Å². The van der Waals surface area contributed by atoms with E-state index in [1.165, 1.54) is 14.0 Å². The second-order valence-electron chi connectivity index (χ2n) is 11.2. The molecule has 174 valence electrons. The maximum atomic E-state index is 13.9. The highest BCUT2D eigenvalue weighted by molar-refractivity contribution is 5.93. The Morgan fingerprint density at radius 2 is 1.90 bits per heavy atom. The van der Waals surface area contributed by atoms with E-state index in [9.17, 15) is 24.9 Å². The van der Waals surface area contributed by atoms with Crippen LogP contribution in [0.2, 0.25) is 0 Å². The molecule has 0 unspecified atom stereocenters. The van der Waals surface area contributed by atoms with Crippen molar-refractivity contribution in [3.05, 3.63) is 0 Å². The van der Waals surface area contributed by atoms with Gasteiger partial charge in [0.05, 0.1) is 19.3 Å². The van der Waals surface area contributed by atoms with Gasteiger partial charge in [-0.2, -0.15) is 0 Å². The van der Waals surface area contributed by atoms with Gasteiger partial charge in [0.25, 0.3) is 0 Å². The quantitative estimate of drug-likeness (QED) is 0.549. The number of methoxy groups -OCH3 is 1. The Bertz CT molecular complexity index is 811. The number of hydrogen-bond donors (Lipinski definition) is 3. The molecule has 6 aliphatic rings. The Labute approximate surface area is 182 Å². The molecule has 0 aromatic rings. The van der Waals surface area contributed by atoms with Crippen LogP contribution in [0.5, 0.6) is 0 Å². The van der Waals surface area contributed by atoms with Gasteiger partial charge in [-0.3, -0.25) is 9.59 Å². The van der Waals surface area contributed by atoms with Gasteiger partial charge in [-0.05, 0) is 42.9 Å². The zero-order valence-corrected chi connectivity index (χ0v) is 18.7. The van der Waals surface area contributed by atoms with E-state index in [2.05, 4.69) is 13.8 Å². The average molecular weight is 439 g/mol. The van der Waals surface area contributed by atoms with Gasteiger partial charge in [0.2, 0.25) is 5.79 Å². The summed E-state index contributed by atoms with van der Waals surface area (Å²) in [6.45, 7) is 5.70. The number of carbonyl (C=O) groups excluding carboxylic acids is 2. The lowest BCUT2D eigenvalue weighted by molar-refractivity contribution is -0.458. The number of aliphatic hydroxyl groups is 3. The van der Waals surface area contributed by atoms with Crippen molar-refractivity contribution in [3.63, 3.8) is 0 Å². The van der Waals surface area contributed by atoms with Gasteiger partial charge in [-0.1, -0.05) is 13.8 Å². The molecule has 4 bridgehead atoms. The Morgan fingerprint density at radius 3 is 2.55 bits per heavy atom. The van der Waals surface area contributed by atoms with Crippen molar-refractivity contribution in [3.8, 4) is 0 Å². The predicted octanol–water partition coefficient (Wildman–Crippen LogP) is 0.653. The molecule has 8 nitrogen and oxygen atoms in total. The van der Waals surface area contributed by atoms with E-state index in [1.54, 1.807) is 0 Å². The summed E-state index contributed by atoms with van der Waals surface area (Å²) in [5.74, 6) is -4.72. The second-order valence-corrected chi connectivity index (χ2v) is 11.2. The highest BCUT2D eigenvalue weighted by Gasteiger charge is 2.87. The Balaban J connectivity index is 1.74. The zero-order valence-electron chi connectivity index (χ0n) is 18.7. The highest BCUT2D eigenvalue weighted by atomic mass is 16.6. The van der Waals surface area contributed by atoms with E-state index in [0.717, 1.165) is 0 Å². The van der Waals surface area contributed by atoms with E-state index in [4.69, 9.17) is 14.2 Å². The third-order valence-electron chi connectivity index (χ3n) is 9.70. The number of ether oxygens (including phenoxy) is 3. The molecule has 2 heterocycles. The summed E-state index contributed by atoms with van der Waals surface area (Å²) in [7, 11) is 1.51. The average Bonchev–Trinajstić information content (AvgIpc) is 2.81. The van der Waals surface area contributed by atoms with E-state index >= 15 is 0 Å². The predicted molar refractivity (Wildman–Crippen MR) is 106 cm³/mol. The molecule has 0 radical (unpaired) electrons. The van der Waals surface area contributed by atoms with E-state index < -0.39 is 58.7 Å². The summed E-state index contributed by atoms with van der Waals surface area (Å²) in [5.41, 5.74) is -2.88. The lowest BCUT2D eigenvalue weighted by Crippen LogP contribution is -2.85. The third-order valence-corrected chi connectivity index (χ3v) is 9.70. The molecular formula is C23H34O8. The number of hydrogen-bond acceptors (Lipinski definition) is 8. The van der Waals surface area contributed by atoms with Crippen molar-refractivity contribution >= 4 is 11.8 Å². The van der Waals surface area contributed by atoms with Crippen molar-refractivity contribution in [2.45, 2.75) is 70.6 Å². The van der Waals surface area contributed by atoms with Crippen LogP contribution in [0.25, 0.3) is 0 Å². The molecule has 0 aromatic carbocycles. The summed E-state index contributed by atoms with van der Waals surface area (Å²) in [4.78, 5) is 26.0. The zero-order chi connectivity index (χ0) is 22.6. The van der Waals surface area contributed by atoms with Crippen molar-refractivity contribution in [1.82, 2.24) is 0 Å². The molecule has 0 aromatic heterocycles. The first-order valence-electron chi connectivity index (χ1n) is 11.4. The van der Waals surface area contributed by atoms with Crippen LogP contribution in [0.15, 0.2) is 0 Å². The van der Waals surface area contributed by atoms with Crippen LogP contribution < -0.4 is 0 Å². The molecular weight excluding hydrogens is 404 g/mol. The standard InChI is InChI=1S/C23H34O8/c1-11(24)31-15-7-8-20(2,3)16-19(27)23(28)22-14(21(15,16)10-30-23)6-5-12(17(22)25)13(9-29-4)18(22)26/h12-17,19,25,27-28H,5-10H2,1-4H3/t12-,13-,14-,15-,16+,17+,19-,21+,22+,23+/m0/s1. The fraction of sp³-hybridized carbons (Fsp3) is 0.913. The van der Waals surface area contributed by atoms with Gasteiger partial charge in [0.15, 0.2) is 5.78 Å². The topological polar surface area (TPSA) is 123 Å². The maximum absolute atomic E-state index is 13.9. The third kappa shape index (κ3) is 2.24. The molecule has 8 heteroatoms. The molecule has 6 rings (SSSR count). The van der Waals surface area contributed by atoms with Crippen LogP contribution in [0.1, 0.15) is 46.5 Å². The number of esters is 1. The lowest BCUT2D eigenvalue weighted by atomic mass is 9.35. The van der Waals surface area contributed by atoms with E-state index in [-0.39, 0.29) is 30.3 Å². The molecule has 10 atom stereocenters. The monoisotopic (exact) mass is 438 g/mol. The number of carbonyl (C=O) groups is 2. The molecule has 0 amide bonds. The molecule has 2 aliphatic heterocycles. The van der Waals surface area contributed by atoms with Crippen molar-refractivity contribution in [2.75, 3.05) is 20.3 Å². The van der Waals surface area contributed by atoms with Crippen molar-refractivity contribution in [1.29, 1.82) is 0 Å². The van der Waals surface area contributed by atoms with E-state index in [1.807, 2.05) is 0 Å². The first-order chi connectivity index (χ1) is 14.5.